The molecule has 116 valence electrons. The number of hydrogen-bond acceptors (Lipinski definition) is 5. The Bertz CT molecular complexity index is 634. The van der Waals surface area contributed by atoms with E-state index in [2.05, 4.69) is 9.88 Å². The summed E-state index contributed by atoms with van der Waals surface area (Å²) in [6.45, 7) is 2.17. The van der Waals surface area contributed by atoms with Gasteiger partial charge in [-0.25, -0.2) is 4.98 Å². The molecule has 22 heavy (non-hydrogen) atoms. The molecule has 0 atom stereocenters. The zero-order chi connectivity index (χ0) is 15.4. The minimum atomic E-state index is 0.630. The number of thioether (sulfide) groups is 1. The van der Waals surface area contributed by atoms with E-state index in [4.69, 9.17) is 21.4 Å². The van der Waals surface area contributed by atoms with E-state index in [1.807, 2.05) is 24.3 Å². The zero-order valence-corrected chi connectivity index (χ0v) is 14.1. The van der Waals surface area contributed by atoms with E-state index in [1.165, 1.54) is 12.8 Å². The summed E-state index contributed by atoms with van der Waals surface area (Å²) in [5.41, 5.74) is 1.86. The molecular formula is C16H18N2O2S2. The van der Waals surface area contributed by atoms with E-state index in [0.29, 0.717) is 5.89 Å². The van der Waals surface area contributed by atoms with Gasteiger partial charge in [0.2, 0.25) is 5.89 Å². The van der Waals surface area contributed by atoms with Gasteiger partial charge in [-0.2, -0.15) is 0 Å². The second kappa shape index (κ2) is 7.15. The van der Waals surface area contributed by atoms with Crippen LogP contribution in [0.2, 0.25) is 0 Å². The molecule has 0 saturated carbocycles. The van der Waals surface area contributed by atoms with Crippen LogP contribution < -0.4 is 4.74 Å². The third-order valence-electron chi connectivity index (χ3n) is 3.60. The lowest BCUT2D eigenvalue weighted by Crippen LogP contribution is -2.23. The summed E-state index contributed by atoms with van der Waals surface area (Å²) in [4.78, 5) is 6.80. The van der Waals surface area contributed by atoms with Gasteiger partial charge in [-0.05, 0) is 37.1 Å². The zero-order valence-electron chi connectivity index (χ0n) is 12.4. The molecule has 6 heteroatoms. The molecule has 0 spiro atoms. The van der Waals surface area contributed by atoms with Crippen LogP contribution in [0.3, 0.4) is 0 Å². The Hall–Kier alpha value is -1.53. The molecule has 1 aliphatic heterocycles. The minimum absolute atomic E-state index is 0.630. The van der Waals surface area contributed by atoms with Crippen LogP contribution in [0.15, 0.2) is 34.9 Å². The maximum absolute atomic E-state index is 5.56. The maximum Gasteiger partial charge on any atom is 0.226 e. The number of hydrogen-bond donors (Lipinski definition) is 0. The summed E-state index contributed by atoms with van der Waals surface area (Å²) in [6.07, 6.45) is 4.19. The Labute approximate surface area is 139 Å². The largest absolute Gasteiger partial charge is 0.497 e. The van der Waals surface area contributed by atoms with E-state index in [9.17, 15) is 0 Å². The molecule has 0 radical (unpaired) electrons. The predicted molar refractivity (Wildman–Crippen MR) is 93.2 cm³/mol. The second-order valence-electron chi connectivity index (χ2n) is 5.12. The van der Waals surface area contributed by atoms with Gasteiger partial charge in [0.25, 0.3) is 0 Å². The van der Waals surface area contributed by atoms with Gasteiger partial charge in [0.05, 0.1) is 12.8 Å². The number of nitrogens with zero attached hydrogens (tertiary/aromatic N) is 2. The fraction of sp³-hybridized carbons (Fsp3) is 0.375. The Morgan fingerprint density at radius 2 is 2.05 bits per heavy atom. The molecule has 1 saturated heterocycles. The molecule has 4 nitrogen and oxygen atoms in total. The summed E-state index contributed by atoms with van der Waals surface area (Å²) in [5, 5.41) is 0. The highest BCUT2D eigenvalue weighted by Crippen LogP contribution is 2.24. The van der Waals surface area contributed by atoms with E-state index >= 15 is 0 Å². The van der Waals surface area contributed by atoms with Crippen molar-refractivity contribution in [2.24, 2.45) is 0 Å². The first-order chi connectivity index (χ1) is 10.8. The fourth-order valence-electron chi connectivity index (χ4n) is 2.37. The third kappa shape index (κ3) is 3.62. The first kappa shape index (κ1) is 15.4. The minimum Gasteiger partial charge on any atom is -0.497 e. The first-order valence-corrected chi connectivity index (χ1v) is 8.66. The molecule has 1 aromatic carbocycles. The SMILES string of the molecule is COc1ccc(-c2nc(CSC(=S)N3CCCC3)co2)cc1. The Morgan fingerprint density at radius 1 is 1.32 bits per heavy atom. The molecule has 0 unspecified atom stereocenters. The fourth-order valence-corrected chi connectivity index (χ4v) is 3.49. The number of oxazole rings is 1. The predicted octanol–water partition coefficient (Wildman–Crippen LogP) is 3.96. The molecular weight excluding hydrogens is 316 g/mol. The summed E-state index contributed by atoms with van der Waals surface area (Å²) in [6, 6.07) is 7.68. The van der Waals surface area contributed by atoms with Crippen LogP contribution >= 0.6 is 24.0 Å². The van der Waals surface area contributed by atoms with Gasteiger partial charge >= 0.3 is 0 Å². The maximum atomic E-state index is 5.56. The van der Waals surface area contributed by atoms with Gasteiger partial charge in [-0.3, -0.25) is 0 Å². The molecule has 1 fully saturated rings. The lowest BCUT2D eigenvalue weighted by atomic mass is 10.2. The highest BCUT2D eigenvalue weighted by molar-refractivity contribution is 8.22. The third-order valence-corrected chi connectivity index (χ3v) is 5.15. The molecule has 3 rings (SSSR count). The van der Waals surface area contributed by atoms with E-state index < -0.39 is 0 Å². The number of benzene rings is 1. The quantitative estimate of drug-likeness (QED) is 0.788. The average molecular weight is 334 g/mol. The Balaban J connectivity index is 1.59. The molecule has 0 N–H and O–H groups in total. The highest BCUT2D eigenvalue weighted by atomic mass is 32.2. The normalized spacial score (nSPS) is 14.3. The number of ether oxygens (including phenoxy) is 1. The van der Waals surface area contributed by atoms with Crippen LogP contribution in [0.25, 0.3) is 11.5 Å². The summed E-state index contributed by atoms with van der Waals surface area (Å²) >= 11 is 7.11. The first-order valence-electron chi connectivity index (χ1n) is 7.27. The van der Waals surface area contributed by atoms with Crippen molar-refractivity contribution in [3.63, 3.8) is 0 Å². The molecule has 1 aromatic heterocycles. The monoisotopic (exact) mass is 334 g/mol. The Kier molecular flexibility index (Phi) is 5.00. The van der Waals surface area contributed by atoms with Crippen molar-refractivity contribution in [2.45, 2.75) is 18.6 Å². The van der Waals surface area contributed by atoms with Crippen molar-refractivity contribution in [1.82, 2.24) is 9.88 Å². The number of thiocarbonyl (C=S) groups is 1. The van der Waals surface area contributed by atoms with Gasteiger partial charge in [0, 0.05) is 24.4 Å². The van der Waals surface area contributed by atoms with Crippen molar-refractivity contribution in [2.75, 3.05) is 20.2 Å². The van der Waals surface area contributed by atoms with E-state index in [0.717, 1.165) is 40.2 Å². The van der Waals surface area contributed by atoms with Crippen molar-refractivity contribution < 1.29 is 9.15 Å². The smallest absolute Gasteiger partial charge is 0.226 e. The van der Waals surface area contributed by atoms with Crippen molar-refractivity contribution >= 4 is 28.3 Å². The lowest BCUT2D eigenvalue weighted by molar-refractivity contribution is 0.415. The van der Waals surface area contributed by atoms with Gasteiger partial charge in [-0.1, -0.05) is 24.0 Å². The standard InChI is InChI=1S/C16H18N2O2S2/c1-19-14-6-4-12(5-7-14)15-17-13(10-20-15)11-22-16(21)18-8-2-3-9-18/h4-7,10H,2-3,8-9,11H2,1H3. The second-order valence-corrected chi connectivity index (χ2v) is 6.73. The Morgan fingerprint density at radius 3 is 2.73 bits per heavy atom. The van der Waals surface area contributed by atoms with Gasteiger partial charge in [0.15, 0.2) is 0 Å². The van der Waals surface area contributed by atoms with Crippen molar-refractivity contribution in [3.05, 3.63) is 36.2 Å². The van der Waals surface area contributed by atoms with Crippen LogP contribution in [-0.2, 0) is 5.75 Å². The van der Waals surface area contributed by atoms with Gasteiger partial charge in [0.1, 0.15) is 16.3 Å². The van der Waals surface area contributed by atoms with Crippen LogP contribution in [-0.4, -0.2) is 34.4 Å². The molecule has 2 heterocycles. The lowest BCUT2D eigenvalue weighted by Gasteiger charge is -2.16. The molecule has 2 aromatic rings. The van der Waals surface area contributed by atoms with Gasteiger partial charge < -0.3 is 14.1 Å². The summed E-state index contributed by atoms with van der Waals surface area (Å²) < 4.78 is 11.7. The highest BCUT2D eigenvalue weighted by Gasteiger charge is 2.16. The summed E-state index contributed by atoms with van der Waals surface area (Å²) in [5.74, 6) is 2.20. The average Bonchev–Trinajstić information content (AvgIpc) is 3.24. The van der Waals surface area contributed by atoms with Crippen molar-refractivity contribution in [1.29, 1.82) is 0 Å². The van der Waals surface area contributed by atoms with Crippen LogP contribution in [0.4, 0.5) is 0 Å². The molecule has 1 aliphatic rings. The molecule has 0 aliphatic carbocycles. The van der Waals surface area contributed by atoms with Gasteiger partial charge in [-0.15, -0.1) is 0 Å². The van der Waals surface area contributed by atoms with Crippen LogP contribution in [0, 0.1) is 0 Å². The number of aromatic nitrogens is 1. The summed E-state index contributed by atoms with van der Waals surface area (Å²) in [7, 11) is 1.65. The van der Waals surface area contributed by atoms with Crippen molar-refractivity contribution in [3.8, 4) is 17.2 Å². The van der Waals surface area contributed by atoms with Crippen LogP contribution in [0.1, 0.15) is 18.5 Å². The molecule has 0 amide bonds. The topological polar surface area (TPSA) is 38.5 Å². The van der Waals surface area contributed by atoms with Crippen LogP contribution in [0.5, 0.6) is 5.75 Å². The van der Waals surface area contributed by atoms with E-state index in [1.54, 1.807) is 25.1 Å². The van der Waals surface area contributed by atoms with E-state index in [-0.39, 0.29) is 0 Å². The number of rotatable bonds is 4. The number of methoxy groups -OCH3 is 1. The molecule has 0 bridgehead atoms. The number of likely N-dealkylation sites (tertiary alicyclic amines) is 1.